The van der Waals surface area contributed by atoms with Crippen LogP contribution in [-0.2, 0) is 0 Å². The van der Waals surface area contributed by atoms with E-state index < -0.39 is 0 Å². The highest BCUT2D eigenvalue weighted by molar-refractivity contribution is 5.74. The van der Waals surface area contributed by atoms with Crippen molar-refractivity contribution in [1.29, 1.82) is 0 Å². The van der Waals surface area contributed by atoms with Gasteiger partial charge in [-0.05, 0) is 31.9 Å². The van der Waals surface area contributed by atoms with Gasteiger partial charge in [-0.3, -0.25) is 0 Å². The minimum absolute atomic E-state index is 0.0396. The highest BCUT2D eigenvalue weighted by Crippen LogP contribution is 2.13. The molecule has 0 heterocycles. The Kier molecular flexibility index (Phi) is 7.53. The third kappa shape index (κ3) is 6.94. The lowest BCUT2D eigenvalue weighted by atomic mass is 10.2. The average Bonchev–Trinajstić information content (AvgIpc) is 2.44. The first-order valence-electron chi connectivity index (χ1n) is 7.12. The number of aliphatic hydroxyl groups is 1. The quantitative estimate of drug-likeness (QED) is 0.688. The highest BCUT2D eigenvalue weighted by atomic mass is 19.1. The first kappa shape index (κ1) is 17.2. The van der Waals surface area contributed by atoms with Crippen LogP contribution in [0.15, 0.2) is 24.3 Å². The lowest BCUT2D eigenvalue weighted by Gasteiger charge is -2.19. The maximum Gasteiger partial charge on any atom is 0.315 e. The lowest BCUT2D eigenvalue weighted by molar-refractivity contribution is 0.203. The van der Waals surface area contributed by atoms with Crippen LogP contribution in [0.2, 0.25) is 0 Å². The van der Waals surface area contributed by atoms with E-state index in [0.29, 0.717) is 18.7 Å². The Hall–Kier alpha value is -1.82. The highest BCUT2D eigenvalue weighted by Gasteiger charge is 2.11. The first-order valence-corrected chi connectivity index (χ1v) is 7.12. The fraction of sp³-hybridized carbons (Fsp3) is 0.533. The lowest BCUT2D eigenvalue weighted by Crippen LogP contribution is -2.45. The fourth-order valence-corrected chi connectivity index (χ4v) is 1.82. The molecule has 0 fully saturated rings. The van der Waals surface area contributed by atoms with Crippen LogP contribution in [0, 0.1) is 5.82 Å². The number of aliphatic hydroxyl groups excluding tert-OH is 1. The van der Waals surface area contributed by atoms with Gasteiger partial charge in [-0.2, -0.15) is 0 Å². The van der Waals surface area contributed by atoms with Crippen LogP contribution < -0.4 is 15.4 Å². The Morgan fingerprint density at radius 2 is 2.24 bits per heavy atom. The van der Waals surface area contributed by atoms with E-state index in [-0.39, 0.29) is 30.6 Å². The largest absolute Gasteiger partial charge is 0.489 e. The minimum atomic E-state index is -0.361. The van der Waals surface area contributed by atoms with Crippen LogP contribution in [0.1, 0.15) is 26.7 Å². The molecule has 118 valence electrons. The van der Waals surface area contributed by atoms with Crippen LogP contribution in [0.3, 0.4) is 0 Å². The summed E-state index contributed by atoms with van der Waals surface area (Å²) >= 11 is 0. The molecular formula is C15H23FN2O3. The maximum absolute atomic E-state index is 13.0. The fourth-order valence-electron chi connectivity index (χ4n) is 1.82. The van der Waals surface area contributed by atoms with Gasteiger partial charge < -0.3 is 20.5 Å². The molecule has 0 spiro atoms. The minimum Gasteiger partial charge on any atom is -0.489 e. The molecule has 1 aromatic rings. The summed E-state index contributed by atoms with van der Waals surface area (Å²) in [6.07, 6.45) is 0.998. The van der Waals surface area contributed by atoms with Crippen molar-refractivity contribution in [2.24, 2.45) is 0 Å². The molecule has 2 atom stereocenters. The van der Waals surface area contributed by atoms with Gasteiger partial charge in [-0.25, -0.2) is 9.18 Å². The number of urea groups is 1. The zero-order chi connectivity index (χ0) is 15.7. The monoisotopic (exact) mass is 298 g/mol. The second-order valence-electron chi connectivity index (χ2n) is 4.86. The van der Waals surface area contributed by atoms with E-state index in [1.54, 1.807) is 19.1 Å². The molecule has 6 heteroatoms. The van der Waals surface area contributed by atoms with Crippen molar-refractivity contribution in [1.82, 2.24) is 10.6 Å². The zero-order valence-electron chi connectivity index (χ0n) is 12.4. The van der Waals surface area contributed by atoms with E-state index in [1.165, 1.54) is 12.1 Å². The van der Waals surface area contributed by atoms with E-state index in [9.17, 15) is 9.18 Å². The first-order chi connectivity index (χ1) is 10.0. The summed E-state index contributed by atoms with van der Waals surface area (Å²) < 4.78 is 18.5. The Bertz CT molecular complexity index is 443. The third-order valence-electron chi connectivity index (χ3n) is 2.99. The van der Waals surface area contributed by atoms with E-state index >= 15 is 0 Å². The van der Waals surface area contributed by atoms with Gasteiger partial charge in [0.1, 0.15) is 17.7 Å². The number of ether oxygens (including phenoxy) is 1. The molecule has 3 N–H and O–H groups in total. The topological polar surface area (TPSA) is 70.6 Å². The molecule has 0 radical (unpaired) electrons. The van der Waals surface area contributed by atoms with Crippen molar-refractivity contribution in [3.8, 4) is 5.75 Å². The number of amides is 2. The standard InChI is InChI=1S/C15H23FN2O3/c1-3-13(7-8-19)18-15(20)17-10-11(2)21-14-6-4-5-12(16)9-14/h4-6,9,11,13,19H,3,7-8,10H2,1-2H3,(H2,17,18,20). The molecule has 1 aromatic carbocycles. The Balaban J connectivity index is 2.32. The number of carbonyl (C=O) groups is 1. The Morgan fingerprint density at radius 1 is 1.48 bits per heavy atom. The second kappa shape index (κ2) is 9.18. The van der Waals surface area contributed by atoms with Crippen LogP contribution in [0.4, 0.5) is 9.18 Å². The molecule has 0 aromatic heterocycles. The molecule has 1 rings (SSSR count). The summed E-state index contributed by atoms with van der Waals surface area (Å²) in [6, 6.07) is 5.52. The Morgan fingerprint density at radius 3 is 2.86 bits per heavy atom. The molecule has 2 unspecified atom stereocenters. The van der Waals surface area contributed by atoms with Gasteiger partial charge in [0.15, 0.2) is 0 Å². The number of nitrogens with one attached hydrogen (secondary N) is 2. The third-order valence-corrected chi connectivity index (χ3v) is 2.99. The molecule has 0 saturated carbocycles. The van der Waals surface area contributed by atoms with Crippen LogP contribution in [0.5, 0.6) is 5.75 Å². The van der Waals surface area contributed by atoms with E-state index in [4.69, 9.17) is 9.84 Å². The number of carbonyl (C=O) groups excluding carboxylic acids is 1. The summed E-state index contributed by atoms with van der Waals surface area (Å²) in [7, 11) is 0. The molecule has 0 aliphatic heterocycles. The smallest absolute Gasteiger partial charge is 0.315 e. The summed E-state index contributed by atoms with van der Waals surface area (Å²) in [5.74, 6) is 0.0663. The average molecular weight is 298 g/mol. The van der Waals surface area contributed by atoms with Gasteiger partial charge >= 0.3 is 6.03 Å². The van der Waals surface area contributed by atoms with Gasteiger partial charge in [0.25, 0.3) is 0 Å². The molecule has 0 aliphatic rings. The van der Waals surface area contributed by atoms with E-state index in [0.717, 1.165) is 6.42 Å². The van der Waals surface area contributed by atoms with Gasteiger partial charge in [0.05, 0.1) is 6.54 Å². The van der Waals surface area contributed by atoms with Crippen molar-refractivity contribution >= 4 is 6.03 Å². The Labute approximate surface area is 124 Å². The summed E-state index contributed by atoms with van der Waals surface area (Å²) in [5.41, 5.74) is 0. The normalized spacial score (nSPS) is 13.3. The molecule has 0 aliphatic carbocycles. The molecular weight excluding hydrogens is 275 g/mol. The van der Waals surface area contributed by atoms with Crippen LogP contribution in [0.25, 0.3) is 0 Å². The van der Waals surface area contributed by atoms with Gasteiger partial charge in [-0.15, -0.1) is 0 Å². The molecule has 5 nitrogen and oxygen atoms in total. The maximum atomic E-state index is 13.0. The van der Waals surface area contributed by atoms with Gasteiger partial charge in [0, 0.05) is 18.7 Å². The summed E-state index contributed by atoms with van der Waals surface area (Å²) in [5, 5.41) is 14.3. The molecule has 2 amide bonds. The molecule has 0 saturated heterocycles. The predicted molar refractivity (Wildman–Crippen MR) is 78.8 cm³/mol. The molecule has 21 heavy (non-hydrogen) atoms. The number of halogens is 1. The summed E-state index contributed by atoms with van der Waals surface area (Å²) in [4.78, 5) is 11.7. The van der Waals surface area contributed by atoms with Gasteiger partial charge in [0.2, 0.25) is 0 Å². The van der Waals surface area contributed by atoms with E-state index in [2.05, 4.69) is 10.6 Å². The number of hydrogen-bond acceptors (Lipinski definition) is 3. The van der Waals surface area contributed by atoms with Crippen LogP contribution in [-0.4, -0.2) is 36.4 Å². The van der Waals surface area contributed by atoms with Crippen molar-refractivity contribution in [3.05, 3.63) is 30.1 Å². The second-order valence-corrected chi connectivity index (χ2v) is 4.86. The van der Waals surface area contributed by atoms with Gasteiger partial charge in [-0.1, -0.05) is 13.0 Å². The van der Waals surface area contributed by atoms with Crippen molar-refractivity contribution in [2.45, 2.75) is 38.8 Å². The number of benzene rings is 1. The van der Waals surface area contributed by atoms with Crippen molar-refractivity contribution in [2.75, 3.05) is 13.2 Å². The van der Waals surface area contributed by atoms with E-state index in [1.807, 2.05) is 6.92 Å². The predicted octanol–water partition coefficient (Wildman–Crippen LogP) is 2.05. The molecule has 0 bridgehead atoms. The van der Waals surface area contributed by atoms with Crippen molar-refractivity contribution < 1.29 is 19.0 Å². The number of hydrogen-bond donors (Lipinski definition) is 3. The summed E-state index contributed by atoms with van der Waals surface area (Å²) in [6.45, 7) is 4.07. The SMILES string of the molecule is CCC(CCO)NC(=O)NCC(C)Oc1cccc(F)c1. The zero-order valence-corrected chi connectivity index (χ0v) is 12.4. The number of rotatable bonds is 8. The van der Waals surface area contributed by atoms with Crippen molar-refractivity contribution in [3.63, 3.8) is 0 Å². The van der Waals surface area contributed by atoms with Crippen LogP contribution >= 0.6 is 0 Å².